The van der Waals surface area contributed by atoms with Crippen LogP contribution in [-0.2, 0) is 11.3 Å². The van der Waals surface area contributed by atoms with Gasteiger partial charge in [-0.2, -0.15) is 0 Å². The summed E-state index contributed by atoms with van der Waals surface area (Å²) in [5, 5.41) is 11.8. The Balaban J connectivity index is 1.90. The van der Waals surface area contributed by atoms with Gasteiger partial charge in [0.2, 0.25) is 0 Å². The third-order valence-electron chi connectivity index (χ3n) is 3.57. The van der Waals surface area contributed by atoms with E-state index in [9.17, 15) is 5.11 Å². The van der Waals surface area contributed by atoms with Crippen LogP contribution in [0.4, 0.5) is 0 Å². The van der Waals surface area contributed by atoms with Crippen LogP contribution in [0.25, 0.3) is 0 Å². The average molecular weight is 334 g/mol. The van der Waals surface area contributed by atoms with Gasteiger partial charge in [-0.1, -0.05) is 0 Å². The van der Waals surface area contributed by atoms with Gasteiger partial charge in [-0.05, 0) is 52.8 Å². The van der Waals surface area contributed by atoms with Crippen LogP contribution in [0.1, 0.15) is 18.4 Å². The Hall–Kier alpha value is 0.0600. The first-order chi connectivity index (χ1) is 8.63. The number of aliphatic hydroxyl groups excluding tert-OH is 1. The molecular formula is C13H20BrNO2S. The maximum absolute atomic E-state index is 9.67. The molecule has 5 heteroatoms. The molecule has 1 aliphatic rings. The second-order valence-electron chi connectivity index (χ2n) is 5.20. The highest BCUT2D eigenvalue weighted by molar-refractivity contribution is 9.11. The zero-order chi connectivity index (χ0) is 13.0. The molecular weight excluding hydrogens is 314 g/mol. The number of rotatable bonds is 5. The molecule has 0 saturated carbocycles. The number of hydrogen-bond donors (Lipinski definition) is 1. The van der Waals surface area contributed by atoms with Crippen LogP contribution in [0.2, 0.25) is 0 Å². The number of nitrogens with zero attached hydrogens (tertiary/aromatic N) is 1. The van der Waals surface area contributed by atoms with E-state index < -0.39 is 0 Å². The Morgan fingerprint density at radius 1 is 1.50 bits per heavy atom. The molecule has 1 fully saturated rings. The molecule has 1 N–H and O–H groups in total. The highest BCUT2D eigenvalue weighted by Crippen LogP contribution is 2.31. The lowest BCUT2D eigenvalue weighted by Gasteiger charge is -2.38. The minimum absolute atomic E-state index is 0.0280. The first kappa shape index (κ1) is 14.5. The SMILES string of the molecule is CN(Cc1csc(Br)c1)CC1(CO)CCOCC1. The van der Waals surface area contributed by atoms with Gasteiger partial charge in [0, 0.05) is 31.7 Å². The molecule has 0 atom stereocenters. The number of ether oxygens (including phenoxy) is 1. The van der Waals surface area contributed by atoms with Crippen molar-refractivity contribution in [2.45, 2.75) is 19.4 Å². The molecule has 102 valence electrons. The van der Waals surface area contributed by atoms with Crippen molar-refractivity contribution in [3.63, 3.8) is 0 Å². The Morgan fingerprint density at radius 3 is 2.78 bits per heavy atom. The van der Waals surface area contributed by atoms with E-state index in [-0.39, 0.29) is 12.0 Å². The molecule has 1 aromatic heterocycles. The summed E-state index contributed by atoms with van der Waals surface area (Å²) in [6.45, 7) is 3.68. The van der Waals surface area contributed by atoms with Gasteiger partial charge in [0.05, 0.1) is 10.4 Å². The van der Waals surface area contributed by atoms with Gasteiger partial charge < -0.3 is 14.7 Å². The predicted molar refractivity (Wildman–Crippen MR) is 77.9 cm³/mol. The molecule has 18 heavy (non-hydrogen) atoms. The molecule has 0 spiro atoms. The summed E-state index contributed by atoms with van der Waals surface area (Å²) in [5.74, 6) is 0. The third kappa shape index (κ3) is 3.78. The highest BCUT2D eigenvalue weighted by Gasteiger charge is 2.33. The number of halogens is 1. The van der Waals surface area contributed by atoms with E-state index in [2.05, 4.69) is 39.3 Å². The fourth-order valence-electron chi connectivity index (χ4n) is 2.54. The van der Waals surface area contributed by atoms with E-state index in [0.29, 0.717) is 0 Å². The monoisotopic (exact) mass is 333 g/mol. The Labute approximate surface area is 121 Å². The quantitative estimate of drug-likeness (QED) is 0.899. The lowest BCUT2D eigenvalue weighted by Crippen LogP contribution is -2.42. The molecule has 0 aliphatic carbocycles. The zero-order valence-electron chi connectivity index (χ0n) is 10.7. The second-order valence-corrected chi connectivity index (χ2v) is 7.49. The van der Waals surface area contributed by atoms with Crippen LogP contribution in [-0.4, -0.2) is 43.4 Å². The first-order valence-electron chi connectivity index (χ1n) is 6.24. The van der Waals surface area contributed by atoms with E-state index in [4.69, 9.17) is 4.74 Å². The fourth-order valence-corrected chi connectivity index (χ4v) is 3.74. The maximum Gasteiger partial charge on any atom is 0.0701 e. The minimum atomic E-state index is 0.0280. The topological polar surface area (TPSA) is 32.7 Å². The highest BCUT2D eigenvalue weighted by atomic mass is 79.9. The smallest absolute Gasteiger partial charge is 0.0701 e. The van der Waals surface area contributed by atoms with Gasteiger partial charge in [0.1, 0.15) is 0 Å². The molecule has 3 nitrogen and oxygen atoms in total. The van der Waals surface area contributed by atoms with Gasteiger partial charge in [0.25, 0.3) is 0 Å². The normalized spacial score (nSPS) is 19.3. The Bertz CT molecular complexity index is 377. The lowest BCUT2D eigenvalue weighted by molar-refractivity contribution is -0.0318. The van der Waals surface area contributed by atoms with Gasteiger partial charge >= 0.3 is 0 Å². The van der Waals surface area contributed by atoms with Crippen LogP contribution < -0.4 is 0 Å². The Kier molecular flexibility index (Phi) is 5.21. The Morgan fingerprint density at radius 2 is 2.22 bits per heavy atom. The van der Waals surface area contributed by atoms with Crippen molar-refractivity contribution in [3.05, 3.63) is 20.8 Å². The largest absolute Gasteiger partial charge is 0.396 e. The standard InChI is InChI=1S/C13H20BrNO2S/c1-15(7-11-6-12(14)18-8-11)9-13(10-16)2-4-17-5-3-13/h6,8,16H,2-5,7,9-10H2,1H3. The minimum Gasteiger partial charge on any atom is -0.396 e. The third-order valence-corrected chi connectivity index (χ3v) is 5.12. The van der Waals surface area contributed by atoms with E-state index in [1.807, 2.05) is 0 Å². The molecule has 0 unspecified atom stereocenters. The summed E-state index contributed by atoms with van der Waals surface area (Å²) in [6, 6.07) is 2.16. The molecule has 1 aliphatic heterocycles. The van der Waals surface area contributed by atoms with Crippen LogP contribution in [0.15, 0.2) is 15.2 Å². The van der Waals surface area contributed by atoms with Crippen molar-refractivity contribution in [1.82, 2.24) is 4.90 Å². The molecule has 0 amide bonds. The van der Waals surface area contributed by atoms with E-state index in [1.165, 1.54) is 9.35 Å². The van der Waals surface area contributed by atoms with Gasteiger partial charge in [-0.3, -0.25) is 0 Å². The van der Waals surface area contributed by atoms with Crippen molar-refractivity contribution in [2.24, 2.45) is 5.41 Å². The number of aliphatic hydroxyl groups is 1. The summed E-state index contributed by atoms with van der Waals surface area (Å²) in [6.07, 6.45) is 1.92. The summed E-state index contributed by atoms with van der Waals surface area (Å²) in [4.78, 5) is 2.30. The number of hydrogen-bond acceptors (Lipinski definition) is 4. The fraction of sp³-hybridized carbons (Fsp3) is 0.692. The first-order valence-corrected chi connectivity index (χ1v) is 7.91. The molecule has 1 saturated heterocycles. The van der Waals surface area contributed by atoms with E-state index in [1.54, 1.807) is 11.3 Å². The summed E-state index contributed by atoms with van der Waals surface area (Å²) in [5.41, 5.74) is 1.36. The summed E-state index contributed by atoms with van der Waals surface area (Å²) >= 11 is 5.21. The van der Waals surface area contributed by atoms with Gasteiger partial charge in [-0.25, -0.2) is 0 Å². The predicted octanol–water partition coefficient (Wildman–Crippen LogP) is 2.73. The average Bonchev–Trinajstić information content (AvgIpc) is 2.75. The van der Waals surface area contributed by atoms with E-state index >= 15 is 0 Å². The molecule has 2 heterocycles. The number of thiophene rings is 1. The maximum atomic E-state index is 9.67. The van der Waals surface area contributed by atoms with Crippen LogP contribution in [0.3, 0.4) is 0 Å². The molecule has 0 bridgehead atoms. The van der Waals surface area contributed by atoms with Gasteiger partial charge in [-0.15, -0.1) is 11.3 Å². The van der Waals surface area contributed by atoms with Gasteiger partial charge in [0.15, 0.2) is 0 Å². The van der Waals surface area contributed by atoms with Crippen LogP contribution in [0, 0.1) is 5.41 Å². The zero-order valence-corrected chi connectivity index (χ0v) is 13.1. The molecule has 1 aromatic rings. The van der Waals surface area contributed by atoms with Crippen molar-refractivity contribution >= 4 is 27.3 Å². The van der Waals surface area contributed by atoms with Crippen molar-refractivity contribution in [3.8, 4) is 0 Å². The van der Waals surface area contributed by atoms with Crippen molar-refractivity contribution in [1.29, 1.82) is 0 Å². The second kappa shape index (κ2) is 6.48. The van der Waals surface area contributed by atoms with Crippen LogP contribution >= 0.6 is 27.3 Å². The summed E-state index contributed by atoms with van der Waals surface area (Å²) in [7, 11) is 2.12. The van der Waals surface area contributed by atoms with Crippen molar-refractivity contribution < 1.29 is 9.84 Å². The van der Waals surface area contributed by atoms with Crippen LogP contribution in [0.5, 0.6) is 0 Å². The molecule has 2 rings (SSSR count). The molecule has 0 aromatic carbocycles. The summed E-state index contributed by atoms with van der Waals surface area (Å²) < 4.78 is 6.57. The van der Waals surface area contributed by atoms with E-state index in [0.717, 1.165) is 39.1 Å². The molecule has 0 radical (unpaired) electrons. The lowest BCUT2D eigenvalue weighted by atomic mass is 9.80. The van der Waals surface area contributed by atoms with Crippen molar-refractivity contribution in [2.75, 3.05) is 33.4 Å².